The number of methoxy groups -OCH3 is 1. The van der Waals surface area contributed by atoms with Crippen molar-refractivity contribution in [3.63, 3.8) is 0 Å². The largest absolute Gasteiger partial charge is 0.476 e. The third-order valence-electron chi connectivity index (χ3n) is 3.62. The molecule has 1 N–H and O–H groups in total. The van der Waals surface area contributed by atoms with Crippen LogP contribution in [0.5, 0.6) is 5.75 Å². The number of amides is 1. The van der Waals surface area contributed by atoms with Crippen molar-refractivity contribution in [2.75, 3.05) is 19.0 Å². The van der Waals surface area contributed by atoms with Gasteiger partial charge in [-0.2, -0.15) is 0 Å². The van der Waals surface area contributed by atoms with Gasteiger partial charge in [-0.05, 0) is 50.2 Å². The molecule has 1 amide bonds. The predicted molar refractivity (Wildman–Crippen MR) is 104 cm³/mol. The molecule has 0 bridgehead atoms. The van der Waals surface area contributed by atoms with Crippen molar-refractivity contribution in [2.24, 2.45) is 0 Å². The summed E-state index contributed by atoms with van der Waals surface area (Å²) >= 11 is 5.82. The Balaban J connectivity index is 1.94. The highest BCUT2D eigenvalue weighted by Crippen LogP contribution is 2.22. The van der Waals surface area contributed by atoms with Gasteiger partial charge in [0.1, 0.15) is 5.75 Å². The summed E-state index contributed by atoms with van der Waals surface area (Å²) in [6, 6.07) is 12.8. The van der Waals surface area contributed by atoms with Crippen LogP contribution in [0.25, 0.3) is 0 Å². The van der Waals surface area contributed by atoms with Crippen molar-refractivity contribution < 1.29 is 28.6 Å². The Bertz CT molecular complexity index is 863. The number of halogens is 1. The zero-order valence-electron chi connectivity index (χ0n) is 15.7. The first kappa shape index (κ1) is 21.2. The molecule has 0 unspecified atom stereocenters. The maximum absolute atomic E-state index is 12.3. The fourth-order valence-electron chi connectivity index (χ4n) is 2.21. The Morgan fingerprint density at radius 3 is 2.32 bits per heavy atom. The molecule has 7 nitrogen and oxygen atoms in total. The zero-order chi connectivity index (χ0) is 20.7. The Labute approximate surface area is 167 Å². The quantitative estimate of drug-likeness (QED) is 0.709. The number of nitrogens with one attached hydrogen (secondary N) is 1. The average Bonchev–Trinajstić information content (AvgIpc) is 2.67. The summed E-state index contributed by atoms with van der Waals surface area (Å²) in [4.78, 5) is 36.1. The van der Waals surface area contributed by atoms with Gasteiger partial charge in [0, 0.05) is 5.02 Å². The van der Waals surface area contributed by atoms with Crippen LogP contribution in [0.3, 0.4) is 0 Å². The third kappa shape index (κ3) is 5.72. The molecule has 0 aliphatic rings. The maximum Gasteiger partial charge on any atom is 0.350 e. The number of esters is 2. The monoisotopic (exact) mass is 405 g/mol. The zero-order valence-corrected chi connectivity index (χ0v) is 16.4. The molecule has 8 heteroatoms. The van der Waals surface area contributed by atoms with E-state index in [4.69, 9.17) is 21.1 Å². The first-order chi connectivity index (χ1) is 13.2. The number of carbonyl (C=O) groups excluding carboxylic acids is 3. The second kappa shape index (κ2) is 9.23. The van der Waals surface area contributed by atoms with Gasteiger partial charge in [0.25, 0.3) is 5.91 Å². The SMILES string of the molecule is COC(=O)c1ccccc1NC(=O)COC(=O)C(C)(C)Oc1ccc(Cl)cc1. The van der Waals surface area contributed by atoms with Gasteiger partial charge in [-0.15, -0.1) is 0 Å². The van der Waals surface area contributed by atoms with E-state index in [9.17, 15) is 14.4 Å². The molecule has 0 saturated carbocycles. The first-order valence-corrected chi connectivity index (χ1v) is 8.70. The standard InChI is InChI=1S/C20H20ClNO6/c1-20(2,28-14-10-8-13(21)9-11-14)19(25)27-12-17(23)22-16-7-5-4-6-15(16)18(24)26-3/h4-11H,12H2,1-3H3,(H,22,23). The molecule has 0 aromatic heterocycles. The number of anilines is 1. The molecule has 148 valence electrons. The van der Waals surface area contributed by atoms with Gasteiger partial charge < -0.3 is 19.5 Å². The van der Waals surface area contributed by atoms with Crippen molar-refractivity contribution in [2.45, 2.75) is 19.4 Å². The number of hydrogen-bond donors (Lipinski definition) is 1. The number of benzene rings is 2. The highest BCUT2D eigenvalue weighted by atomic mass is 35.5. The van der Waals surface area contributed by atoms with Crippen molar-refractivity contribution in [1.82, 2.24) is 0 Å². The lowest BCUT2D eigenvalue weighted by Crippen LogP contribution is -2.41. The summed E-state index contributed by atoms with van der Waals surface area (Å²) in [5.41, 5.74) is -0.874. The smallest absolute Gasteiger partial charge is 0.350 e. The molecule has 2 aromatic rings. The van der Waals surface area contributed by atoms with E-state index < -0.39 is 30.1 Å². The second-order valence-corrected chi connectivity index (χ2v) is 6.66. The van der Waals surface area contributed by atoms with Crippen LogP contribution in [0.2, 0.25) is 5.02 Å². The van der Waals surface area contributed by atoms with E-state index in [0.29, 0.717) is 10.8 Å². The summed E-state index contributed by atoms with van der Waals surface area (Å²) in [7, 11) is 1.24. The lowest BCUT2D eigenvalue weighted by atomic mass is 10.1. The van der Waals surface area contributed by atoms with Gasteiger partial charge in [0.15, 0.2) is 12.2 Å². The lowest BCUT2D eigenvalue weighted by Gasteiger charge is -2.24. The molecule has 0 heterocycles. The molecule has 2 aromatic carbocycles. The lowest BCUT2D eigenvalue weighted by molar-refractivity contribution is -0.161. The van der Waals surface area contributed by atoms with Crippen LogP contribution in [0.1, 0.15) is 24.2 Å². The fourth-order valence-corrected chi connectivity index (χ4v) is 2.34. The topological polar surface area (TPSA) is 90.9 Å². The van der Waals surface area contributed by atoms with Gasteiger partial charge in [-0.1, -0.05) is 23.7 Å². The van der Waals surface area contributed by atoms with E-state index in [1.807, 2.05) is 0 Å². The minimum absolute atomic E-state index is 0.191. The van der Waals surface area contributed by atoms with Gasteiger partial charge >= 0.3 is 11.9 Å². The number of carbonyl (C=O) groups is 3. The molecule has 0 aliphatic heterocycles. The first-order valence-electron chi connectivity index (χ1n) is 8.32. The average molecular weight is 406 g/mol. The highest BCUT2D eigenvalue weighted by molar-refractivity contribution is 6.30. The van der Waals surface area contributed by atoms with Crippen molar-refractivity contribution >= 4 is 35.1 Å². The number of para-hydroxylation sites is 1. The molecule has 0 spiro atoms. The molecule has 0 aliphatic carbocycles. The minimum atomic E-state index is -1.32. The van der Waals surface area contributed by atoms with Crippen molar-refractivity contribution in [3.8, 4) is 5.75 Å². The molecule has 0 atom stereocenters. The van der Waals surface area contributed by atoms with E-state index in [1.165, 1.54) is 27.0 Å². The van der Waals surface area contributed by atoms with Gasteiger partial charge in [-0.3, -0.25) is 4.79 Å². The molecule has 28 heavy (non-hydrogen) atoms. The van der Waals surface area contributed by atoms with Crippen LogP contribution in [0.15, 0.2) is 48.5 Å². The second-order valence-electron chi connectivity index (χ2n) is 6.23. The van der Waals surface area contributed by atoms with Crippen LogP contribution < -0.4 is 10.1 Å². The van der Waals surface area contributed by atoms with Crippen molar-refractivity contribution in [3.05, 3.63) is 59.1 Å². The number of rotatable bonds is 7. The molecule has 0 radical (unpaired) electrons. The number of ether oxygens (including phenoxy) is 3. The van der Waals surface area contributed by atoms with Gasteiger partial charge in [-0.25, -0.2) is 9.59 Å². The van der Waals surface area contributed by atoms with E-state index in [0.717, 1.165) is 0 Å². The summed E-state index contributed by atoms with van der Waals surface area (Å²) < 4.78 is 15.3. The summed E-state index contributed by atoms with van der Waals surface area (Å²) in [5, 5.41) is 3.05. The van der Waals surface area contributed by atoms with Crippen LogP contribution in [0, 0.1) is 0 Å². The van der Waals surface area contributed by atoms with E-state index in [2.05, 4.69) is 10.1 Å². The normalized spacial score (nSPS) is 10.7. The summed E-state index contributed by atoms with van der Waals surface area (Å²) in [5.74, 6) is -1.49. The summed E-state index contributed by atoms with van der Waals surface area (Å²) in [6.07, 6.45) is 0. The molecule has 0 fully saturated rings. The molecular formula is C20H20ClNO6. The molecule has 2 rings (SSSR count). The number of hydrogen-bond acceptors (Lipinski definition) is 6. The Hall–Kier alpha value is -3.06. The molecular weight excluding hydrogens is 386 g/mol. The van der Waals surface area contributed by atoms with E-state index in [1.54, 1.807) is 42.5 Å². The Morgan fingerprint density at radius 2 is 1.68 bits per heavy atom. The fraction of sp³-hybridized carbons (Fsp3) is 0.250. The van der Waals surface area contributed by atoms with E-state index in [-0.39, 0.29) is 11.3 Å². The van der Waals surface area contributed by atoms with Gasteiger partial charge in [0.2, 0.25) is 0 Å². The highest BCUT2D eigenvalue weighted by Gasteiger charge is 2.32. The predicted octanol–water partition coefficient (Wildman–Crippen LogP) is 3.47. The third-order valence-corrected chi connectivity index (χ3v) is 3.87. The van der Waals surface area contributed by atoms with E-state index >= 15 is 0 Å². The van der Waals surface area contributed by atoms with Gasteiger partial charge in [0.05, 0.1) is 18.4 Å². The van der Waals surface area contributed by atoms with Crippen LogP contribution in [-0.2, 0) is 19.1 Å². The maximum atomic E-state index is 12.3. The Kier molecular flexibility index (Phi) is 7.00. The van der Waals surface area contributed by atoms with Crippen molar-refractivity contribution in [1.29, 1.82) is 0 Å². The summed E-state index contributed by atoms with van der Waals surface area (Å²) in [6.45, 7) is 2.50. The minimum Gasteiger partial charge on any atom is -0.476 e. The van der Waals surface area contributed by atoms with Crippen LogP contribution >= 0.6 is 11.6 Å². The molecule has 0 saturated heterocycles. The van der Waals surface area contributed by atoms with Crippen LogP contribution in [-0.4, -0.2) is 37.2 Å². The van der Waals surface area contributed by atoms with Crippen LogP contribution in [0.4, 0.5) is 5.69 Å². The Morgan fingerprint density at radius 1 is 1.04 bits per heavy atom.